The van der Waals surface area contributed by atoms with Crippen LogP contribution in [0, 0.1) is 6.92 Å². The van der Waals surface area contributed by atoms with Gasteiger partial charge in [-0.05, 0) is 25.5 Å². The van der Waals surface area contributed by atoms with Gasteiger partial charge >= 0.3 is 0 Å². The van der Waals surface area contributed by atoms with E-state index in [9.17, 15) is 0 Å². The molecule has 14 heavy (non-hydrogen) atoms. The number of benzene rings is 1. The van der Waals surface area contributed by atoms with Gasteiger partial charge in [0.1, 0.15) is 0 Å². The molecule has 0 fully saturated rings. The standard InChI is InChI=1S/C13H15N/c1-5-13(14-10(2)3)12-9-7-6-8-11(12)4/h5-9H,1-2H2,3-4H3. The molecule has 0 amide bonds. The molecule has 1 aromatic rings. The van der Waals surface area contributed by atoms with Crippen LogP contribution in [0.2, 0.25) is 0 Å². The van der Waals surface area contributed by atoms with Gasteiger partial charge in [0, 0.05) is 11.3 Å². The van der Waals surface area contributed by atoms with E-state index in [0.29, 0.717) is 0 Å². The van der Waals surface area contributed by atoms with Gasteiger partial charge in [0.05, 0.1) is 5.71 Å². The number of hydrogen-bond acceptors (Lipinski definition) is 1. The van der Waals surface area contributed by atoms with Crippen LogP contribution in [-0.2, 0) is 0 Å². The largest absolute Gasteiger partial charge is 0.254 e. The van der Waals surface area contributed by atoms with Gasteiger partial charge in [0.25, 0.3) is 0 Å². The van der Waals surface area contributed by atoms with Crippen molar-refractivity contribution >= 4 is 5.71 Å². The summed E-state index contributed by atoms with van der Waals surface area (Å²) in [5, 5.41) is 0. The first-order valence-corrected chi connectivity index (χ1v) is 4.58. The molecule has 0 aromatic heterocycles. The summed E-state index contributed by atoms with van der Waals surface area (Å²) < 4.78 is 0. The van der Waals surface area contributed by atoms with Crippen molar-refractivity contribution in [3.05, 3.63) is 60.3 Å². The van der Waals surface area contributed by atoms with Crippen molar-refractivity contribution in [3.8, 4) is 0 Å². The zero-order valence-corrected chi connectivity index (χ0v) is 8.75. The molecule has 1 rings (SSSR count). The van der Waals surface area contributed by atoms with E-state index in [2.05, 4.69) is 31.1 Å². The highest BCUT2D eigenvalue weighted by molar-refractivity contribution is 6.09. The minimum Gasteiger partial charge on any atom is -0.254 e. The van der Waals surface area contributed by atoms with Gasteiger partial charge in [-0.25, -0.2) is 0 Å². The maximum absolute atomic E-state index is 4.33. The minimum atomic E-state index is 0.795. The van der Waals surface area contributed by atoms with Crippen LogP contribution in [0.5, 0.6) is 0 Å². The average molecular weight is 185 g/mol. The minimum absolute atomic E-state index is 0.795. The van der Waals surface area contributed by atoms with E-state index >= 15 is 0 Å². The summed E-state index contributed by atoms with van der Waals surface area (Å²) in [6, 6.07) is 8.12. The summed E-state index contributed by atoms with van der Waals surface area (Å²) in [6.07, 6.45) is 1.76. The van der Waals surface area contributed by atoms with E-state index in [4.69, 9.17) is 0 Å². The molecule has 0 bridgehead atoms. The summed E-state index contributed by atoms with van der Waals surface area (Å²) in [4.78, 5) is 4.33. The van der Waals surface area contributed by atoms with Gasteiger partial charge in [-0.15, -0.1) is 0 Å². The second-order valence-electron chi connectivity index (χ2n) is 3.25. The quantitative estimate of drug-likeness (QED) is 0.639. The van der Waals surface area contributed by atoms with E-state index in [0.717, 1.165) is 17.0 Å². The number of hydrogen-bond donors (Lipinski definition) is 0. The molecule has 0 unspecified atom stereocenters. The smallest absolute Gasteiger partial charge is 0.0701 e. The third-order valence-corrected chi connectivity index (χ3v) is 1.93. The highest BCUT2D eigenvalue weighted by atomic mass is 14.7. The second kappa shape index (κ2) is 4.56. The lowest BCUT2D eigenvalue weighted by Crippen LogP contribution is -1.99. The molecule has 0 heterocycles. The van der Waals surface area contributed by atoms with Crippen LogP contribution in [0.25, 0.3) is 0 Å². The molecular weight excluding hydrogens is 170 g/mol. The first-order valence-electron chi connectivity index (χ1n) is 4.58. The first-order chi connectivity index (χ1) is 6.65. The molecule has 0 aliphatic heterocycles. The van der Waals surface area contributed by atoms with E-state index < -0.39 is 0 Å². The molecule has 0 aliphatic carbocycles. The lowest BCUT2D eigenvalue weighted by atomic mass is 10.0. The fourth-order valence-electron chi connectivity index (χ4n) is 1.28. The lowest BCUT2D eigenvalue weighted by molar-refractivity contribution is 1.32. The third-order valence-electron chi connectivity index (χ3n) is 1.93. The van der Waals surface area contributed by atoms with Crippen LogP contribution >= 0.6 is 0 Å². The summed E-state index contributed by atoms with van der Waals surface area (Å²) in [5.74, 6) is 0. The highest BCUT2D eigenvalue weighted by Crippen LogP contribution is 2.10. The highest BCUT2D eigenvalue weighted by Gasteiger charge is 2.01. The van der Waals surface area contributed by atoms with Crippen LogP contribution < -0.4 is 0 Å². The molecule has 0 saturated carbocycles. The van der Waals surface area contributed by atoms with E-state index in [1.165, 1.54) is 5.56 Å². The first kappa shape index (κ1) is 10.5. The fraction of sp³-hybridized carbons (Fsp3) is 0.154. The van der Waals surface area contributed by atoms with Crippen LogP contribution in [0.4, 0.5) is 0 Å². The van der Waals surface area contributed by atoms with Gasteiger partial charge in [0.2, 0.25) is 0 Å². The number of aliphatic imine (C=N–C) groups is 1. The SMILES string of the molecule is C=CC(=NC(=C)C)c1ccccc1C. The fourth-order valence-corrected chi connectivity index (χ4v) is 1.28. The maximum atomic E-state index is 4.33. The van der Waals surface area contributed by atoms with Gasteiger partial charge < -0.3 is 0 Å². The molecule has 0 radical (unpaired) electrons. The maximum Gasteiger partial charge on any atom is 0.0701 e. The number of aryl methyl sites for hydroxylation is 1. The zero-order chi connectivity index (χ0) is 10.6. The average Bonchev–Trinajstić information content (AvgIpc) is 2.15. The third kappa shape index (κ3) is 2.43. The van der Waals surface area contributed by atoms with Crippen LogP contribution in [0.15, 0.2) is 54.2 Å². The molecule has 0 saturated heterocycles. The molecule has 1 aromatic carbocycles. The van der Waals surface area contributed by atoms with Gasteiger partial charge in [-0.1, -0.05) is 37.4 Å². The molecule has 0 N–H and O–H groups in total. The van der Waals surface area contributed by atoms with Crippen molar-refractivity contribution in [2.45, 2.75) is 13.8 Å². The summed E-state index contributed by atoms with van der Waals surface area (Å²) in [7, 11) is 0. The van der Waals surface area contributed by atoms with Gasteiger partial charge in [0.15, 0.2) is 0 Å². The number of allylic oxidation sites excluding steroid dienone is 2. The molecule has 0 spiro atoms. The van der Waals surface area contributed by atoms with E-state index in [1.54, 1.807) is 6.08 Å². The Morgan fingerprint density at radius 1 is 1.36 bits per heavy atom. The van der Waals surface area contributed by atoms with Crippen molar-refractivity contribution < 1.29 is 0 Å². The van der Waals surface area contributed by atoms with Crippen molar-refractivity contribution in [2.24, 2.45) is 4.99 Å². The Kier molecular flexibility index (Phi) is 3.41. The van der Waals surface area contributed by atoms with Crippen LogP contribution in [-0.4, -0.2) is 5.71 Å². The molecular formula is C13H15N. The normalized spacial score (nSPS) is 11.1. The Hall–Kier alpha value is -1.63. The van der Waals surface area contributed by atoms with Gasteiger partial charge in [-0.2, -0.15) is 0 Å². The molecule has 0 aliphatic rings. The predicted octanol–water partition coefficient (Wildman–Crippen LogP) is 3.50. The van der Waals surface area contributed by atoms with E-state index in [1.807, 2.05) is 25.1 Å². The van der Waals surface area contributed by atoms with Crippen molar-refractivity contribution in [2.75, 3.05) is 0 Å². The van der Waals surface area contributed by atoms with Crippen molar-refractivity contribution in [1.29, 1.82) is 0 Å². The summed E-state index contributed by atoms with van der Waals surface area (Å²) >= 11 is 0. The van der Waals surface area contributed by atoms with Crippen molar-refractivity contribution in [1.82, 2.24) is 0 Å². The molecule has 1 heteroatoms. The molecule has 0 atom stereocenters. The predicted molar refractivity (Wildman–Crippen MR) is 62.7 cm³/mol. The lowest BCUT2D eigenvalue weighted by Gasteiger charge is -2.05. The number of nitrogens with zero attached hydrogens (tertiary/aromatic N) is 1. The number of rotatable bonds is 3. The Balaban J connectivity index is 3.20. The summed E-state index contributed by atoms with van der Waals surface area (Å²) in [6.45, 7) is 11.5. The Labute approximate surface area is 85.5 Å². The van der Waals surface area contributed by atoms with E-state index in [-0.39, 0.29) is 0 Å². The topological polar surface area (TPSA) is 12.4 Å². The molecule has 72 valence electrons. The molecule has 1 nitrogen and oxygen atoms in total. The Morgan fingerprint density at radius 2 is 2.00 bits per heavy atom. The second-order valence-corrected chi connectivity index (χ2v) is 3.25. The van der Waals surface area contributed by atoms with Gasteiger partial charge in [-0.3, -0.25) is 4.99 Å². The van der Waals surface area contributed by atoms with Crippen LogP contribution in [0.3, 0.4) is 0 Å². The van der Waals surface area contributed by atoms with Crippen LogP contribution in [0.1, 0.15) is 18.1 Å². The Morgan fingerprint density at radius 3 is 2.50 bits per heavy atom. The Bertz CT molecular complexity index is 386. The summed E-state index contributed by atoms with van der Waals surface area (Å²) in [5.41, 5.74) is 4.00. The monoisotopic (exact) mass is 185 g/mol. The van der Waals surface area contributed by atoms with Crippen molar-refractivity contribution in [3.63, 3.8) is 0 Å². The zero-order valence-electron chi connectivity index (χ0n) is 8.75.